The van der Waals surface area contributed by atoms with E-state index in [0.29, 0.717) is 10.7 Å². The van der Waals surface area contributed by atoms with Crippen LogP contribution in [0.15, 0.2) is 24.3 Å². The van der Waals surface area contributed by atoms with Crippen LogP contribution in [-0.4, -0.2) is 6.04 Å². The number of nitrogens with zero attached hydrogens (tertiary/aromatic N) is 1. The summed E-state index contributed by atoms with van der Waals surface area (Å²) in [7, 11) is 0. The second kappa shape index (κ2) is 2.94. The Morgan fingerprint density at radius 3 is 2.75 bits per heavy atom. The molecule has 1 nitrogen and oxygen atoms in total. The monoisotopic (exact) mass is 185 g/mol. The maximum absolute atomic E-state index is 13.3. The van der Waals surface area contributed by atoms with Gasteiger partial charge in [-0.15, -0.1) is 0 Å². The third-order valence-electron chi connectivity index (χ3n) is 1.92. The summed E-state index contributed by atoms with van der Waals surface area (Å²) < 4.78 is 13.3. The molecule has 0 N–H and O–H groups in total. The average Bonchev–Trinajstić information content (AvgIpc) is 2.85. The highest BCUT2D eigenvalue weighted by Crippen LogP contribution is 2.32. The lowest BCUT2D eigenvalue weighted by Crippen LogP contribution is -2.13. The zero-order valence-electron chi connectivity index (χ0n) is 6.50. The van der Waals surface area contributed by atoms with Crippen LogP contribution in [-0.2, 0) is 0 Å². The third kappa shape index (κ3) is 1.53. The average molecular weight is 186 g/mol. The Labute approximate surface area is 75.7 Å². The van der Waals surface area contributed by atoms with Gasteiger partial charge >= 0.3 is 0 Å². The first-order chi connectivity index (χ1) is 5.77. The molecule has 0 heterocycles. The van der Waals surface area contributed by atoms with Crippen molar-refractivity contribution in [2.24, 2.45) is 0 Å². The largest absolute Gasteiger partial charge is 0.209 e. The first kappa shape index (κ1) is 7.87. The van der Waals surface area contributed by atoms with Gasteiger partial charge in [0, 0.05) is 5.02 Å². The number of hydrogen-bond donors (Lipinski definition) is 0. The molecule has 3 heteroatoms. The molecule has 1 aliphatic carbocycles. The molecule has 0 bridgehead atoms. The van der Waals surface area contributed by atoms with Crippen LogP contribution in [0.2, 0.25) is 5.02 Å². The molecule has 64 valence electrons. The molecule has 0 radical (unpaired) electrons. The van der Waals surface area contributed by atoms with Crippen molar-refractivity contribution in [2.75, 3.05) is 5.12 Å². The SMILES string of the molecule is FN(c1cccc(Cl)c1)C1CC1. The normalized spacial score (nSPS) is 16.2. The number of benzene rings is 1. The second-order valence-electron chi connectivity index (χ2n) is 3.02. The smallest absolute Gasteiger partial charge is 0.0705 e. The van der Waals surface area contributed by atoms with Gasteiger partial charge < -0.3 is 0 Å². The molecular formula is C9H9ClFN. The third-order valence-corrected chi connectivity index (χ3v) is 2.16. The highest BCUT2D eigenvalue weighted by atomic mass is 35.5. The van der Waals surface area contributed by atoms with Crippen molar-refractivity contribution in [3.05, 3.63) is 29.3 Å². The number of halogens is 2. The standard InChI is InChI=1S/C9H9ClFN/c10-7-2-1-3-9(6-7)12(11)8-4-5-8/h1-3,6,8H,4-5H2. The summed E-state index contributed by atoms with van der Waals surface area (Å²) in [6, 6.07) is 6.95. The predicted molar refractivity (Wildman–Crippen MR) is 48.1 cm³/mol. The fraction of sp³-hybridized carbons (Fsp3) is 0.333. The Morgan fingerprint density at radius 2 is 2.17 bits per heavy atom. The van der Waals surface area contributed by atoms with E-state index >= 15 is 0 Å². The van der Waals surface area contributed by atoms with Crippen molar-refractivity contribution in [3.63, 3.8) is 0 Å². The van der Waals surface area contributed by atoms with Crippen molar-refractivity contribution in [2.45, 2.75) is 18.9 Å². The summed E-state index contributed by atoms with van der Waals surface area (Å²) >= 11 is 5.72. The van der Waals surface area contributed by atoms with Crippen molar-refractivity contribution >= 4 is 17.3 Å². The molecule has 1 aromatic carbocycles. The zero-order valence-corrected chi connectivity index (χ0v) is 7.26. The topological polar surface area (TPSA) is 3.24 Å². The Balaban J connectivity index is 2.20. The minimum Gasteiger partial charge on any atom is -0.209 e. The van der Waals surface area contributed by atoms with Crippen LogP contribution in [0.1, 0.15) is 12.8 Å². The van der Waals surface area contributed by atoms with Crippen LogP contribution in [0.25, 0.3) is 0 Å². The summed E-state index contributed by atoms with van der Waals surface area (Å²) in [4.78, 5) is 0. The highest BCUT2D eigenvalue weighted by Gasteiger charge is 2.29. The van der Waals surface area contributed by atoms with E-state index in [2.05, 4.69) is 0 Å². The fourth-order valence-electron chi connectivity index (χ4n) is 1.12. The van der Waals surface area contributed by atoms with Gasteiger partial charge in [0.2, 0.25) is 0 Å². The van der Waals surface area contributed by atoms with Gasteiger partial charge in [-0.2, -0.15) is 0 Å². The molecule has 0 saturated heterocycles. The van der Waals surface area contributed by atoms with Crippen LogP contribution >= 0.6 is 11.6 Å². The molecule has 0 aliphatic heterocycles. The van der Waals surface area contributed by atoms with E-state index in [9.17, 15) is 4.48 Å². The minimum absolute atomic E-state index is 0.0865. The molecule has 1 aliphatic rings. The maximum atomic E-state index is 13.3. The molecule has 0 atom stereocenters. The van der Waals surface area contributed by atoms with Gasteiger partial charge in [-0.05, 0) is 31.0 Å². The van der Waals surface area contributed by atoms with Crippen LogP contribution in [0, 0.1) is 0 Å². The summed E-state index contributed by atoms with van der Waals surface area (Å²) in [6.45, 7) is 0. The van der Waals surface area contributed by atoms with E-state index in [1.807, 2.05) is 0 Å². The first-order valence-electron chi connectivity index (χ1n) is 3.98. The Bertz CT molecular complexity index is 286. The molecule has 1 saturated carbocycles. The van der Waals surface area contributed by atoms with Gasteiger partial charge in [0.1, 0.15) is 0 Å². The lowest BCUT2D eigenvalue weighted by Gasteiger charge is -2.12. The summed E-state index contributed by atoms with van der Waals surface area (Å²) in [5.74, 6) is 0. The van der Waals surface area contributed by atoms with Crippen LogP contribution in [0.4, 0.5) is 10.2 Å². The Kier molecular flexibility index (Phi) is 1.93. The molecule has 2 rings (SSSR count). The molecule has 0 unspecified atom stereocenters. The van der Waals surface area contributed by atoms with Gasteiger partial charge in [-0.1, -0.05) is 22.1 Å². The van der Waals surface area contributed by atoms with Gasteiger partial charge in [0.05, 0.1) is 11.7 Å². The molecule has 0 aromatic heterocycles. The van der Waals surface area contributed by atoms with Crippen molar-refractivity contribution < 1.29 is 4.48 Å². The lowest BCUT2D eigenvalue weighted by molar-refractivity contribution is 0.428. The summed E-state index contributed by atoms with van der Waals surface area (Å²) in [6.07, 6.45) is 1.89. The van der Waals surface area contributed by atoms with E-state index in [-0.39, 0.29) is 6.04 Å². The van der Waals surface area contributed by atoms with E-state index in [1.54, 1.807) is 24.3 Å². The maximum Gasteiger partial charge on any atom is 0.0705 e. The van der Waals surface area contributed by atoms with Gasteiger partial charge in [-0.3, -0.25) is 0 Å². The van der Waals surface area contributed by atoms with Crippen molar-refractivity contribution in [1.29, 1.82) is 0 Å². The molecule has 0 spiro atoms. The van der Waals surface area contributed by atoms with Gasteiger partial charge in [0.15, 0.2) is 0 Å². The zero-order chi connectivity index (χ0) is 8.55. The molecule has 0 amide bonds. The summed E-state index contributed by atoms with van der Waals surface area (Å²) in [5, 5.41) is 1.38. The van der Waals surface area contributed by atoms with Crippen molar-refractivity contribution in [3.8, 4) is 0 Å². The highest BCUT2D eigenvalue weighted by molar-refractivity contribution is 6.30. The predicted octanol–water partition coefficient (Wildman–Crippen LogP) is 3.19. The van der Waals surface area contributed by atoms with E-state index in [1.165, 1.54) is 0 Å². The number of anilines is 1. The van der Waals surface area contributed by atoms with Crippen LogP contribution < -0.4 is 5.12 Å². The Hall–Kier alpha value is -0.760. The van der Waals surface area contributed by atoms with E-state index in [0.717, 1.165) is 18.0 Å². The van der Waals surface area contributed by atoms with Crippen LogP contribution in [0.5, 0.6) is 0 Å². The second-order valence-corrected chi connectivity index (χ2v) is 3.46. The summed E-state index contributed by atoms with van der Waals surface area (Å²) in [5.41, 5.74) is 0.560. The lowest BCUT2D eigenvalue weighted by atomic mass is 10.3. The van der Waals surface area contributed by atoms with E-state index < -0.39 is 0 Å². The molecular weight excluding hydrogens is 177 g/mol. The van der Waals surface area contributed by atoms with E-state index in [4.69, 9.17) is 11.6 Å². The van der Waals surface area contributed by atoms with Crippen LogP contribution in [0.3, 0.4) is 0 Å². The van der Waals surface area contributed by atoms with Crippen molar-refractivity contribution in [1.82, 2.24) is 0 Å². The van der Waals surface area contributed by atoms with Gasteiger partial charge in [0.25, 0.3) is 0 Å². The Morgan fingerprint density at radius 1 is 1.42 bits per heavy atom. The minimum atomic E-state index is 0.0865. The molecule has 1 aromatic rings. The number of rotatable bonds is 2. The molecule has 12 heavy (non-hydrogen) atoms. The molecule has 1 fully saturated rings. The fourth-order valence-corrected chi connectivity index (χ4v) is 1.31. The van der Waals surface area contributed by atoms with Gasteiger partial charge in [-0.25, -0.2) is 5.12 Å². The number of hydrogen-bond acceptors (Lipinski definition) is 1. The first-order valence-corrected chi connectivity index (χ1v) is 4.36. The quantitative estimate of drug-likeness (QED) is 0.640.